The zero-order chi connectivity index (χ0) is 17.6. The molecule has 0 heterocycles. The summed E-state index contributed by atoms with van der Waals surface area (Å²) >= 11 is 0. The molecule has 1 aliphatic rings. The first-order valence-corrected chi connectivity index (χ1v) is 9.39. The van der Waals surface area contributed by atoms with E-state index in [-0.39, 0.29) is 0 Å². The molecule has 0 unspecified atom stereocenters. The Morgan fingerprint density at radius 1 is 0.880 bits per heavy atom. The summed E-state index contributed by atoms with van der Waals surface area (Å²) in [4.78, 5) is 0. The summed E-state index contributed by atoms with van der Waals surface area (Å²) in [5.41, 5.74) is 3.01. The van der Waals surface area contributed by atoms with Gasteiger partial charge in [-0.1, -0.05) is 55.8 Å². The number of rotatable bonds is 5. The largest absolute Gasteiger partial charge is 0.204 e. The van der Waals surface area contributed by atoms with Crippen LogP contribution in [0.2, 0.25) is 0 Å². The normalized spacial score (nSPS) is 20.9. The lowest BCUT2D eigenvalue weighted by Crippen LogP contribution is -2.11. The highest BCUT2D eigenvalue weighted by atomic mass is 19.2. The van der Waals surface area contributed by atoms with E-state index in [4.69, 9.17) is 0 Å². The molecule has 1 saturated carbocycles. The Kier molecular flexibility index (Phi) is 6.01. The van der Waals surface area contributed by atoms with E-state index >= 15 is 0 Å². The van der Waals surface area contributed by atoms with Gasteiger partial charge < -0.3 is 0 Å². The number of unbranched alkanes of at least 4 members (excludes halogenated alkanes) is 1. The standard InChI is InChI=1S/C23H26F2/c1-2-3-4-5-17-6-8-18(9-7-17)19-10-12-20(13-11-19)21-14-15-22(24)23(25)16-21/h4-5,10-18H,2-3,6-9H2,1H3/b5-4+/t17-,18-. The molecule has 132 valence electrons. The number of benzene rings is 2. The number of hydrogen-bond acceptors (Lipinski definition) is 0. The zero-order valence-corrected chi connectivity index (χ0v) is 14.8. The minimum Gasteiger partial charge on any atom is -0.204 e. The molecule has 3 rings (SSSR count). The molecule has 0 amide bonds. The minimum atomic E-state index is -0.801. The summed E-state index contributed by atoms with van der Waals surface area (Å²) < 4.78 is 26.5. The molecule has 0 N–H and O–H groups in total. The van der Waals surface area contributed by atoms with Crippen molar-refractivity contribution in [1.29, 1.82) is 0 Å². The van der Waals surface area contributed by atoms with Crippen molar-refractivity contribution in [3.63, 3.8) is 0 Å². The molecule has 1 fully saturated rings. The van der Waals surface area contributed by atoms with Crippen LogP contribution >= 0.6 is 0 Å². The smallest absolute Gasteiger partial charge is 0.159 e. The van der Waals surface area contributed by atoms with Crippen LogP contribution in [0.1, 0.15) is 56.9 Å². The summed E-state index contributed by atoms with van der Waals surface area (Å²) in [7, 11) is 0. The topological polar surface area (TPSA) is 0 Å². The third kappa shape index (κ3) is 4.56. The molecular weight excluding hydrogens is 314 g/mol. The van der Waals surface area contributed by atoms with Gasteiger partial charge in [-0.3, -0.25) is 0 Å². The molecule has 2 aromatic rings. The summed E-state index contributed by atoms with van der Waals surface area (Å²) in [6.45, 7) is 2.21. The van der Waals surface area contributed by atoms with Gasteiger partial charge in [0, 0.05) is 0 Å². The van der Waals surface area contributed by atoms with Gasteiger partial charge in [-0.15, -0.1) is 0 Å². The van der Waals surface area contributed by atoms with Crippen molar-refractivity contribution in [2.24, 2.45) is 5.92 Å². The van der Waals surface area contributed by atoms with Gasteiger partial charge in [0.25, 0.3) is 0 Å². The van der Waals surface area contributed by atoms with Gasteiger partial charge in [0.15, 0.2) is 11.6 Å². The van der Waals surface area contributed by atoms with Crippen LogP contribution in [-0.4, -0.2) is 0 Å². The summed E-state index contributed by atoms with van der Waals surface area (Å²) in [5, 5.41) is 0. The molecule has 0 radical (unpaired) electrons. The molecule has 0 atom stereocenters. The first kappa shape index (κ1) is 17.8. The maximum atomic E-state index is 13.4. The quantitative estimate of drug-likeness (QED) is 0.502. The summed E-state index contributed by atoms with van der Waals surface area (Å²) in [6, 6.07) is 12.4. The van der Waals surface area contributed by atoms with E-state index in [2.05, 4.69) is 31.2 Å². The molecule has 0 aromatic heterocycles. The molecular formula is C23H26F2. The highest BCUT2D eigenvalue weighted by Gasteiger charge is 2.20. The Morgan fingerprint density at radius 2 is 1.56 bits per heavy atom. The lowest BCUT2D eigenvalue weighted by Gasteiger charge is -2.27. The van der Waals surface area contributed by atoms with Crippen molar-refractivity contribution >= 4 is 0 Å². The minimum absolute atomic E-state index is 0.620. The van der Waals surface area contributed by atoms with E-state index in [1.54, 1.807) is 6.07 Å². The second kappa shape index (κ2) is 8.42. The van der Waals surface area contributed by atoms with Crippen LogP contribution in [0.15, 0.2) is 54.6 Å². The maximum Gasteiger partial charge on any atom is 0.159 e. The molecule has 1 aliphatic carbocycles. The van der Waals surface area contributed by atoms with Crippen LogP contribution in [0.25, 0.3) is 11.1 Å². The van der Waals surface area contributed by atoms with Gasteiger partial charge in [-0.05, 0) is 72.8 Å². The molecule has 0 bridgehead atoms. The number of allylic oxidation sites excluding steroid dienone is 2. The van der Waals surface area contributed by atoms with Crippen molar-refractivity contribution in [3.05, 3.63) is 71.8 Å². The Balaban J connectivity index is 1.62. The van der Waals surface area contributed by atoms with Gasteiger partial charge in [0.2, 0.25) is 0 Å². The fourth-order valence-electron chi connectivity index (χ4n) is 3.72. The van der Waals surface area contributed by atoms with Crippen molar-refractivity contribution in [2.75, 3.05) is 0 Å². The third-order valence-corrected chi connectivity index (χ3v) is 5.27. The maximum absolute atomic E-state index is 13.4. The second-order valence-corrected chi connectivity index (χ2v) is 7.08. The first-order chi connectivity index (χ1) is 12.2. The summed E-state index contributed by atoms with van der Waals surface area (Å²) in [5.74, 6) is -0.236. The first-order valence-electron chi connectivity index (χ1n) is 9.39. The van der Waals surface area contributed by atoms with Gasteiger partial charge in [-0.25, -0.2) is 8.78 Å². The van der Waals surface area contributed by atoms with E-state index in [1.807, 2.05) is 12.1 Å². The van der Waals surface area contributed by atoms with Crippen molar-refractivity contribution < 1.29 is 8.78 Å². The molecule has 0 aliphatic heterocycles. The molecule has 0 saturated heterocycles. The lowest BCUT2D eigenvalue weighted by molar-refractivity contribution is 0.375. The van der Waals surface area contributed by atoms with E-state index in [9.17, 15) is 8.78 Å². The fourth-order valence-corrected chi connectivity index (χ4v) is 3.72. The molecule has 2 heteroatoms. The second-order valence-electron chi connectivity index (χ2n) is 7.08. The Bertz CT molecular complexity index is 707. The van der Waals surface area contributed by atoms with Crippen molar-refractivity contribution in [3.8, 4) is 11.1 Å². The summed E-state index contributed by atoms with van der Waals surface area (Å²) in [6.07, 6.45) is 12.1. The predicted octanol–water partition coefficient (Wildman–Crippen LogP) is 7.26. The number of hydrogen-bond donors (Lipinski definition) is 0. The van der Waals surface area contributed by atoms with Gasteiger partial charge >= 0.3 is 0 Å². The Morgan fingerprint density at radius 3 is 2.20 bits per heavy atom. The van der Waals surface area contributed by atoms with Crippen LogP contribution in [0.5, 0.6) is 0 Å². The highest BCUT2D eigenvalue weighted by Crippen LogP contribution is 2.37. The molecule has 2 aromatic carbocycles. The van der Waals surface area contributed by atoms with E-state index in [0.29, 0.717) is 5.92 Å². The zero-order valence-electron chi connectivity index (χ0n) is 14.8. The number of halogens is 2. The molecule has 0 spiro atoms. The lowest BCUT2D eigenvalue weighted by atomic mass is 9.78. The monoisotopic (exact) mass is 340 g/mol. The van der Waals surface area contributed by atoms with Gasteiger partial charge in [-0.2, -0.15) is 0 Å². The van der Waals surface area contributed by atoms with E-state index < -0.39 is 11.6 Å². The van der Waals surface area contributed by atoms with Crippen LogP contribution in [-0.2, 0) is 0 Å². The SMILES string of the molecule is CCC/C=C/[C@H]1CC[C@H](c2ccc(-c3ccc(F)c(F)c3)cc2)CC1. The predicted molar refractivity (Wildman–Crippen MR) is 101 cm³/mol. The van der Waals surface area contributed by atoms with Crippen LogP contribution in [0.3, 0.4) is 0 Å². The highest BCUT2D eigenvalue weighted by molar-refractivity contribution is 5.63. The Hall–Kier alpha value is -1.96. The molecule has 0 nitrogen and oxygen atoms in total. The van der Waals surface area contributed by atoms with E-state index in [0.717, 1.165) is 17.0 Å². The third-order valence-electron chi connectivity index (χ3n) is 5.27. The fraction of sp³-hybridized carbons (Fsp3) is 0.391. The van der Waals surface area contributed by atoms with Gasteiger partial charge in [0.1, 0.15) is 0 Å². The van der Waals surface area contributed by atoms with Crippen LogP contribution < -0.4 is 0 Å². The van der Waals surface area contributed by atoms with Crippen LogP contribution in [0, 0.1) is 17.6 Å². The molecule has 25 heavy (non-hydrogen) atoms. The average Bonchev–Trinajstić information content (AvgIpc) is 2.65. The van der Waals surface area contributed by atoms with Crippen LogP contribution in [0.4, 0.5) is 8.78 Å². The van der Waals surface area contributed by atoms with E-state index in [1.165, 1.54) is 56.2 Å². The average molecular weight is 340 g/mol. The van der Waals surface area contributed by atoms with Crippen molar-refractivity contribution in [2.45, 2.75) is 51.4 Å². The Labute approximate surface area is 149 Å². The van der Waals surface area contributed by atoms with Gasteiger partial charge in [0.05, 0.1) is 0 Å². The van der Waals surface area contributed by atoms with Crippen molar-refractivity contribution in [1.82, 2.24) is 0 Å².